The van der Waals surface area contributed by atoms with Crippen LogP contribution in [-0.2, 0) is 0 Å². The van der Waals surface area contributed by atoms with Gasteiger partial charge in [-0.2, -0.15) is 0 Å². The van der Waals surface area contributed by atoms with E-state index >= 15 is 0 Å². The molecule has 146 valence electrons. The maximum atomic E-state index is 12.3. The highest BCUT2D eigenvalue weighted by Crippen LogP contribution is 2.25. The molecule has 0 spiro atoms. The van der Waals surface area contributed by atoms with Crippen LogP contribution in [0, 0.1) is 6.92 Å². The van der Waals surface area contributed by atoms with Gasteiger partial charge in [0, 0.05) is 34.6 Å². The molecule has 0 aliphatic carbocycles. The number of aryl methyl sites for hydroxylation is 1. The maximum absolute atomic E-state index is 12.3. The van der Waals surface area contributed by atoms with Gasteiger partial charge in [0.1, 0.15) is 5.75 Å². The van der Waals surface area contributed by atoms with E-state index in [0.29, 0.717) is 27.8 Å². The fourth-order valence-corrected chi connectivity index (χ4v) is 3.90. The average molecular weight is 406 g/mol. The van der Waals surface area contributed by atoms with Crippen LogP contribution in [0.2, 0.25) is 0 Å². The number of amides is 2. The van der Waals surface area contributed by atoms with E-state index in [4.69, 9.17) is 4.74 Å². The zero-order chi connectivity index (χ0) is 20.4. The highest BCUT2D eigenvalue weighted by Gasteiger charge is 2.10. The summed E-state index contributed by atoms with van der Waals surface area (Å²) in [4.78, 5) is 29.6. The van der Waals surface area contributed by atoms with Crippen molar-refractivity contribution in [2.75, 3.05) is 17.7 Å². The Labute approximate surface area is 170 Å². The van der Waals surface area contributed by atoms with E-state index < -0.39 is 0 Å². The van der Waals surface area contributed by atoms with Gasteiger partial charge in [-0.3, -0.25) is 9.20 Å². The number of methoxy groups -OCH3 is 1. The van der Waals surface area contributed by atoms with Crippen LogP contribution < -0.4 is 20.9 Å². The Morgan fingerprint density at radius 1 is 1.07 bits per heavy atom. The number of fused-ring (bicyclic) bond motifs is 1. The standard InChI is InChI=1S/C21H18N4O3S/c1-13-10-19(26)25-18(12-29-21(25)22-13)14-6-8-15(9-7-14)23-20(27)24-16-4-3-5-17(11-16)28-2/h3-12H,1-2H3,(H2,23,24,27). The lowest BCUT2D eigenvalue weighted by atomic mass is 10.1. The summed E-state index contributed by atoms with van der Waals surface area (Å²) in [6, 6.07) is 15.6. The molecule has 0 unspecified atom stereocenters. The Kier molecular flexibility index (Phi) is 5.01. The third kappa shape index (κ3) is 3.97. The van der Waals surface area contributed by atoms with Gasteiger partial charge in [-0.25, -0.2) is 9.78 Å². The van der Waals surface area contributed by atoms with E-state index in [0.717, 1.165) is 11.3 Å². The average Bonchev–Trinajstić information content (AvgIpc) is 3.13. The van der Waals surface area contributed by atoms with Gasteiger partial charge in [-0.15, -0.1) is 11.3 Å². The van der Waals surface area contributed by atoms with Crippen molar-refractivity contribution in [1.82, 2.24) is 9.38 Å². The van der Waals surface area contributed by atoms with Gasteiger partial charge in [0.15, 0.2) is 4.96 Å². The third-order valence-corrected chi connectivity index (χ3v) is 5.12. The zero-order valence-electron chi connectivity index (χ0n) is 15.8. The molecular weight excluding hydrogens is 388 g/mol. The smallest absolute Gasteiger partial charge is 0.323 e. The number of ether oxygens (including phenoxy) is 1. The van der Waals surface area contributed by atoms with Crippen molar-refractivity contribution in [2.45, 2.75) is 6.92 Å². The molecule has 7 nitrogen and oxygen atoms in total. The number of anilines is 2. The molecule has 0 aliphatic heterocycles. The number of carbonyl (C=O) groups excluding carboxylic acids is 1. The van der Waals surface area contributed by atoms with Crippen molar-refractivity contribution in [1.29, 1.82) is 0 Å². The molecule has 2 heterocycles. The topological polar surface area (TPSA) is 84.7 Å². The molecule has 0 atom stereocenters. The summed E-state index contributed by atoms with van der Waals surface area (Å²) >= 11 is 1.42. The van der Waals surface area contributed by atoms with Crippen LogP contribution in [0.3, 0.4) is 0 Å². The number of urea groups is 1. The molecule has 29 heavy (non-hydrogen) atoms. The molecule has 2 amide bonds. The zero-order valence-corrected chi connectivity index (χ0v) is 16.6. The molecule has 4 aromatic rings. The second kappa shape index (κ2) is 7.76. The molecule has 2 aromatic heterocycles. The molecule has 2 aromatic carbocycles. The molecule has 8 heteroatoms. The first-order valence-electron chi connectivity index (χ1n) is 8.84. The van der Waals surface area contributed by atoms with Crippen LogP contribution >= 0.6 is 11.3 Å². The van der Waals surface area contributed by atoms with Crippen molar-refractivity contribution in [3.05, 3.63) is 76.0 Å². The minimum Gasteiger partial charge on any atom is -0.497 e. The van der Waals surface area contributed by atoms with Gasteiger partial charge in [0.2, 0.25) is 0 Å². The van der Waals surface area contributed by atoms with Crippen LogP contribution in [0.15, 0.2) is 64.8 Å². The van der Waals surface area contributed by atoms with Crippen LogP contribution in [0.1, 0.15) is 5.69 Å². The fraction of sp³-hybridized carbons (Fsp3) is 0.0952. The quantitative estimate of drug-likeness (QED) is 0.527. The molecule has 0 saturated heterocycles. The van der Waals surface area contributed by atoms with E-state index in [1.54, 1.807) is 54.8 Å². The minimum atomic E-state index is -0.358. The SMILES string of the molecule is COc1cccc(NC(=O)Nc2ccc(-c3csc4nc(C)cc(=O)n34)cc2)c1. The summed E-state index contributed by atoms with van der Waals surface area (Å²) in [7, 11) is 1.57. The van der Waals surface area contributed by atoms with Crippen molar-refractivity contribution >= 4 is 33.7 Å². The number of thiazole rings is 1. The summed E-state index contributed by atoms with van der Waals surface area (Å²) < 4.78 is 6.74. The van der Waals surface area contributed by atoms with E-state index in [1.807, 2.05) is 17.5 Å². The van der Waals surface area contributed by atoms with Crippen LogP contribution in [0.25, 0.3) is 16.2 Å². The summed E-state index contributed by atoms with van der Waals surface area (Å²) in [6.07, 6.45) is 0. The maximum Gasteiger partial charge on any atom is 0.323 e. The molecule has 4 rings (SSSR count). The molecule has 0 bridgehead atoms. The van der Waals surface area contributed by atoms with E-state index in [1.165, 1.54) is 17.4 Å². The van der Waals surface area contributed by atoms with Crippen LogP contribution in [0.4, 0.5) is 16.2 Å². The summed E-state index contributed by atoms with van der Waals surface area (Å²) in [5.41, 5.74) is 3.49. The highest BCUT2D eigenvalue weighted by atomic mass is 32.1. The van der Waals surface area contributed by atoms with Gasteiger partial charge in [0.25, 0.3) is 5.56 Å². The minimum absolute atomic E-state index is 0.108. The van der Waals surface area contributed by atoms with Crippen LogP contribution in [-0.4, -0.2) is 22.5 Å². The number of carbonyl (C=O) groups is 1. The molecule has 0 radical (unpaired) electrons. The monoisotopic (exact) mass is 406 g/mol. The molecule has 0 saturated carbocycles. The van der Waals surface area contributed by atoms with Gasteiger partial charge in [0.05, 0.1) is 12.8 Å². The number of aromatic nitrogens is 2. The van der Waals surface area contributed by atoms with Crippen molar-refractivity contribution in [3.63, 3.8) is 0 Å². The van der Waals surface area contributed by atoms with E-state index in [-0.39, 0.29) is 11.6 Å². The first-order valence-corrected chi connectivity index (χ1v) is 9.72. The lowest BCUT2D eigenvalue weighted by Gasteiger charge is -2.09. The van der Waals surface area contributed by atoms with Gasteiger partial charge < -0.3 is 15.4 Å². The highest BCUT2D eigenvalue weighted by molar-refractivity contribution is 7.15. The number of hydrogen-bond donors (Lipinski definition) is 2. The largest absolute Gasteiger partial charge is 0.497 e. The predicted molar refractivity (Wildman–Crippen MR) is 115 cm³/mol. The number of nitrogens with one attached hydrogen (secondary N) is 2. The lowest BCUT2D eigenvalue weighted by Crippen LogP contribution is -2.19. The third-order valence-electron chi connectivity index (χ3n) is 4.30. The number of hydrogen-bond acceptors (Lipinski definition) is 5. The van der Waals surface area contributed by atoms with Crippen LogP contribution in [0.5, 0.6) is 5.75 Å². The first-order chi connectivity index (χ1) is 14.0. The second-order valence-electron chi connectivity index (χ2n) is 6.36. The number of rotatable bonds is 4. The molecule has 0 fully saturated rings. The van der Waals surface area contributed by atoms with Gasteiger partial charge >= 0.3 is 6.03 Å². The first kappa shape index (κ1) is 18.7. The Morgan fingerprint density at radius 3 is 2.59 bits per heavy atom. The predicted octanol–water partition coefficient (Wildman–Crippen LogP) is 4.38. The Balaban J connectivity index is 1.51. The van der Waals surface area contributed by atoms with Gasteiger partial charge in [-0.05, 0) is 36.8 Å². The summed E-state index contributed by atoms with van der Waals surface area (Å²) in [5, 5.41) is 7.45. The molecule has 2 N–H and O–H groups in total. The van der Waals surface area contributed by atoms with Crippen molar-refractivity contribution in [3.8, 4) is 17.0 Å². The Bertz CT molecular complexity index is 1250. The second-order valence-corrected chi connectivity index (χ2v) is 7.20. The van der Waals surface area contributed by atoms with E-state index in [9.17, 15) is 9.59 Å². The summed E-state index contributed by atoms with van der Waals surface area (Å²) in [6.45, 7) is 1.80. The number of benzene rings is 2. The normalized spacial score (nSPS) is 10.7. The summed E-state index contributed by atoms with van der Waals surface area (Å²) in [5.74, 6) is 0.662. The van der Waals surface area contributed by atoms with Gasteiger partial charge in [-0.1, -0.05) is 18.2 Å². The number of nitrogens with zero attached hydrogens (tertiary/aromatic N) is 2. The Hall–Kier alpha value is -3.65. The molecule has 0 aliphatic rings. The van der Waals surface area contributed by atoms with Crippen molar-refractivity contribution in [2.24, 2.45) is 0 Å². The lowest BCUT2D eigenvalue weighted by molar-refractivity contribution is 0.262. The molecular formula is C21H18N4O3S. The van der Waals surface area contributed by atoms with Crippen molar-refractivity contribution < 1.29 is 9.53 Å². The fourth-order valence-electron chi connectivity index (χ4n) is 2.95. The Morgan fingerprint density at radius 2 is 1.83 bits per heavy atom. The van der Waals surface area contributed by atoms with E-state index in [2.05, 4.69) is 15.6 Å².